The Balaban J connectivity index is 2.42. The lowest BCUT2D eigenvalue weighted by Gasteiger charge is -2.00. The van der Waals surface area contributed by atoms with Crippen LogP contribution in [0.15, 0.2) is 40.2 Å². The molecule has 0 aliphatic carbocycles. The van der Waals surface area contributed by atoms with Crippen molar-refractivity contribution in [1.29, 1.82) is 0 Å². The van der Waals surface area contributed by atoms with Crippen LogP contribution in [0.4, 0.5) is 0 Å². The summed E-state index contributed by atoms with van der Waals surface area (Å²) >= 11 is 10.6. The summed E-state index contributed by atoms with van der Waals surface area (Å²) in [6.07, 6.45) is 0. The van der Waals surface area contributed by atoms with E-state index in [0.717, 1.165) is 9.35 Å². The topological polar surface area (TPSA) is 17.1 Å². The molecule has 15 heavy (non-hydrogen) atoms. The molecule has 0 spiro atoms. The summed E-state index contributed by atoms with van der Waals surface area (Å²) < 4.78 is 0.815. The average molecular weight is 302 g/mol. The summed E-state index contributed by atoms with van der Waals surface area (Å²) in [5, 5.41) is 2.44. The largest absolute Gasteiger partial charge is 0.288 e. The van der Waals surface area contributed by atoms with Crippen molar-refractivity contribution in [2.24, 2.45) is 0 Å². The van der Waals surface area contributed by atoms with Crippen LogP contribution in [0.1, 0.15) is 15.2 Å². The third-order valence-corrected chi connectivity index (χ3v) is 3.41. The molecule has 0 amide bonds. The van der Waals surface area contributed by atoms with Crippen molar-refractivity contribution in [1.82, 2.24) is 0 Å². The first-order valence-electron chi connectivity index (χ1n) is 4.21. The highest BCUT2D eigenvalue weighted by molar-refractivity contribution is 9.10. The third-order valence-electron chi connectivity index (χ3n) is 1.87. The van der Waals surface area contributed by atoms with Crippen LogP contribution in [0.5, 0.6) is 0 Å². The van der Waals surface area contributed by atoms with Gasteiger partial charge in [-0.15, -0.1) is 11.3 Å². The molecule has 0 fully saturated rings. The Hall–Kier alpha value is -0.640. The van der Waals surface area contributed by atoms with Crippen molar-refractivity contribution in [3.63, 3.8) is 0 Å². The van der Waals surface area contributed by atoms with Crippen molar-refractivity contribution < 1.29 is 4.79 Å². The number of carbonyl (C=O) groups excluding carboxylic acids is 1. The fourth-order valence-corrected chi connectivity index (χ4v) is 2.78. The molecule has 0 aliphatic rings. The van der Waals surface area contributed by atoms with E-state index in [1.165, 1.54) is 11.3 Å². The minimum absolute atomic E-state index is 0.00759. The van der Waals surface area contributed by atoms with Gasteiger partial charge >= 0.3 is 0 Å². The second kappa shape index (κ2) is 4.47. The summed E-state index contributed by atoms with van der Waals surface area (Å²) in [7, 11) is 0. The number of rotatable bonds is 2. The standard InChI is InChI=1S/C11H6BrClOS/c12-8-4-7(5-9(13)6-8)11(14)10-2-1-3-15-10/h1-6H. The second-order valence-corrected chi connectivity index (χ2v) is 5.26. The minimum atomic E-state index is 0.00759. The number of carbonyl (C=O) groups is 1. The molecule has 76 valence electrons. The van der Waals surface area contributed by atoms with E-state index < -0.39 is 0 Å². The summed E-state index contributed by atoms with van der Waals surface area (Å²) in [5.74, 6) is 0.00759. The predicted octanol–water partition coefficient (Wildman–Crippen LogP) is 4.40. The van der Waals surface area contributed by atoms with Gasteiger partial charge in [0.2, 0.25) is 5.78 Å². The van der Waals surface area contributed by atoms with Crippen LogP contribution in [0, 0.1) is 0 Å². The zero-order chi connectivity index (χ0) is 10.8. The number of hydrogen-bond acceptors (Lipinski definition) is 2. The van der Waals surface area contributed by atoms with Gasteiger partial charge in [0.1, 0.15) is 0 Å². The van der Waals surface area contributed by atoms with Gasteiger partial charge in [-0.25, -0.2) is 0 Å². The normalized spacial score (nSPS) is 10.3. The van der Waals surface area contributed by atoms with Gasteiger partial charge in [-0.05, 0) is 29.6 Å². The van der Waals surface area contributed by atoms with Crippen molar-refractivity contribution >= 4 is 44.7 Å². The van der Waals surface area contributed by atoms with E-state index in [4.69, 9.17) is 11.6 Å². The van der Waals surface area contributed by atoms with Gasteiger partial charge in [0.05, 0.1) is 4.88 Å². The maximum absolute atomic E-state index is 11.9. The zero-order valence-corrected chi connectivity index (χ0v) is 10.7. The number of hydrogen-bond donors (Lipinski definition) is 0. The molecule has 0 saturated heterocycles. The van der Waals surface area contributed by atoms with E-state index in [1.54, 1.807) is 18.2 Å². The number of thiophene rings is 1. The molecular weight excluding hydrogens is 296 g/mol. The maximum atomic E-state index is 11.9. The number of ketones is 1. The summed E-state index contributed by atoms with van der Waals surface area (Å²) in [5.41, 5.74) is 0.608. The first-order chi connectivity index (χ1) is 7.16. The van der Waals surface area contributed by atoms with Crippen molar-refractivity contribution in [3.05, 3.63) is 55.6 Å². The third kappa shape index (κ3) is 2.48. The molecule has 0 bridgehead atoms. The molecule has 0 atom stereocenters. The smallest absolute Gasteiger partial charge is 0.203 e. The van der Waals surface area contributed by atoms with Gasteiger partial charge in [-0.3, -0.25) is 4.79 Å². The van der Waals surface area contributed by atoms with E-state index >= 15 is 0 Å². The Labute approximate surface area is 105 Å². The van der Waals surface area contributed by atoms with Gasteiger partial charge in [0.25, 0.3) is 0 Å². The molecule has 1 nitrogen and oxygen atoms in total. The summed E-state index contributed by atoms with van der Waals surface area (Å²) in [6, 6.07) is 8.87. The molecule has 2 rings (SSSR count). The maximum Gasteiger partial charge on any atom is 0.203 e. The Morgan fingerprint density at radius 2 is 2.13 bits per heavy atom. The molecule has 1 aromatic heterocycles. The summed E-state index contributed by atoms with van der Waals surface area (Å²) in [4.78, 5) is 12.7. The van der Waals surface area contributed by atoms with Gasteiger partial charge in [0, 0.05) is 15.1 Å². The molecule has 2 aromatic rings. The average Bonchev–Trinajstić information content (AvgIpc) is 2.67. The van der Waals surface area contributed by atoms with E-state index in [-0.39, 0.29) is 5.78 Å². The quantitative estimate of drug-likeness (QED) is 0.752. The highest BCUT2D eigenvalue weighted by Crippen LogP contribution is 2.22. The van der Waals surface area contributed by atoms with Crippen molar-refractivity contribution in [3.8, 4) is 0 Å². The molecule has 0 saturated carbocycles. The predicted molar refractivity (Wildman–Crippen MR) is 66.9 cm³/mol. The van der Waals surface area contributed by atoms with Gasteiger partial charge in [0.15, 0.2) is 0 Å². The van der Waals surface area contributed by atoms with Crippen LogP contribution in [0.2, 0.25) is 5.02 Å². The zero-order valence-electron chi connectivity index (χ0n) is 7.54. The van der Waals surface area contributed by atoms with Crippen LogP contribution < -0.4 is 0 Å². The van der Waals surface area contributed by atoms with E-state index in [1.807, 2.05) is 17.5 Å². The highest BCUT2D eigenvalue weighted by atomic mass is 79.9. The molecular formula is C11H6BrClOS. The monoisotopic (exact) mass is 300 g/mol. The minimum Gasteiger partial charge on any atom is -0.288 e. The Kier molecular flexibility index (Phi) is 3.24. The van der Waals surface area contributed by atoms with Crippen LogP contribution in [0.3, 0.4) is 0 Å². The van der Waals surface area contributed by atoms with Crippen LogP contribution >= 0.6 is 38.9 Å². The Morgan fingerprint density at radius 1 is 1.33 bits per heavy atom. The fourth-order valence-electron chi connectivity index (χ4n) is 1.23. The first kappa shape index (κ1) is 10.9. The Bertz CT molecular complexity index is 473. The van der Waals surface area contributed by atoms with E-state index in [2.05, 4.69) is 15.9 Å². The van der Waals surface area contributed by atoms with Gasteiger partial charge < -0.3 is 0 Å². The molecule has 0 N–H and O–H groups in total. The van der Waals surface area contributed by atoms with Crippen LogP contribution in [-0.4, -0.2) is 5.78 Å². The van der Waals surface area contributed by atoms with Crippen LogP contribution in [-0.2, 0) is 0 Å². The molecule has 0 unspecified atom stereocenters. The number of benzene rings is 1. The first-order valence-corrected chi connectivity index (χ1v) is 6.26. The van der Waals surface area contributed by atoms with E-state index in [9.17, 15) is 4.79 Å². The number of halogens is 2. The lowest BCUT2D eigenvalue weighted by Crippen LogP contribution is -1.98. The highest BCUT2D eigenvalue weighted by Gasteiger charge is 2.11. The molecule has 1 aromatic carbocycles. The molecule has 0 radical (unpaired) electrons. The Morgan fingerprint density at radius 3 is 2.73 bits per heavy atom. The summed E-state index contributed by atoms with van der Waals surface area (Å²) in [6.45, 7) is 0. The van der Waals surface area contributed by atoms with Crippen molar-refractivity contribution in [2.45, 2.75) is 0 Å². The van der Waals surface area contributed by atoms with Crippen LogP contribution in [0.25, 0.3) is 0 Å². The molecule has 1 heterocycles. The fraction of sp³-hybridized carbons (Fsp3) is 0. The lowest BCUT2D eigenvalue weighted by atomic mass is 10.1. The molecule has 0 aliphatic heterocycles. The molecule has 4 heteroatoms. The van der Waals surface area contributed by atoms with Gasteiger partial charge in [-0.1, -0.05) is 33.6 Å². The van der Waals surface area contributed by atoms with Gasteiger partial charge in [-0.2, -0.15) is 0 Å². The second-order valence-electron chi connectivity index (χ2n) is 2.96. The SMILES string of the molecule is O=C(c1cc(Cl)cc(Br)c1)c1cccs1. The van der Waals surface area contributed by atoms with Crippen molar-refractivity contribution in [2.75, 3.05) is 0 Å². The van der Waals surface area contributed by atoms with E-state index in [0.29, 0.717) is 10.6 Å². The lowest BCUT2D eigenvalue weighted by molar-refractivity contribution is 0.104.